The number of nitriles is 1. The molecule has 0 amide bonds. The Morgan fingerprint density at radius 2 is 2.33 bits per heavy atom. The molecule has 0 fully saturated rings. The second kappa shape index (κ2) is 4.81. The van der Waals surface area contributed by atoms with Gasteiger partial charge >= 0.3 is 0 Å². The Bertz CT molecular complexity index is 293. The van der Waals surface area contributed by atoms with Crippen molar-refractivity contribution < 1.29 is 5.11 Å². The number of nitrogens with zero attached hydrogens (tertiary/aromatic N) is 1. The van der Waals surface area contributed by atoms with Crippen LogP contribution in [0.5, 0.6) is 0 Å². The highest BCUT2D eigenvalue weighted by Gasteiger charge is 1.94. The molecule has 1 rings (SSSR count). The number of thioether (sulfide) groups is 1. The van der Waals surface area contributed by atoms with Crippen LogP contribution < -0.4 is 0 Å². The van der Waals surface area contributed by atoms with E-state index in [4.69, 9.17) is 10.4 Å². The van der Waals surface area contributed by atoms with E-state index in [1.54, 1.807) is 17.8 Å². The van der Waals surface area contributed by atoms with Crippen molar-refractivity contribution in [3.8, 4) is 6.07 Å². The van der Waals surface area contributed by atoms with Crippen LogP contribution in [0.3, 0.4) is 0 Å². The fourth-order valence-electron chi connectivity index (χ4n) is 0.819. The predicted molar refractivity (Wildman–Crippen MR) is 49.0 cm³/mol. The van der Waals surface area contributed by atoms with Crippen molar-refractivity contribution in [1.82, 2.24) is 0 Å². The van der Waals surface area contributed by atoms with Gasteiger partial charge in [-0.25, -0.2) is 0 Å². The zero-order valence-electron chi connectivity index (χ0n) is 6.53. The average molecular weight is 179 g/mol. The molecule has 0 saturated heterocycles. The average Bonchev–Trinajstić information content (AvgIpc) is 2.15. The molecular formula is C9H9NOS. The molecule has 0 aromatic heterocycles. The van der Waals surface area contributed by atoms with Gasteiger partial charge in [0.15, 0.2) is 0 Å². The van der Waals surface area contributed by atoms with E-state index in [9.17, 15) is 0 Å². The van der Waals surface area contributed by atoms with Gasteiger partial charge in [-0.1, -0.05) is 6.07 Å². The van der Waals surface area contributed by atoms with Crippen LogP contribution in [-0.2, 0) is 0 Å². The van der Waals surface area contributed by atoms with Crippen molar-refractivity contribution in [2.75, 3.05) is 12.4 Å². The molecule has 12 heavy (non-hydrogen) atoms. The van der Waals surface area contributed by atoms with Crippen LogP contribution in [0.4, 0.5) is 0 Å². The topological polar surface area (TPSA) is 44.0 Å². The Labute approximate surface area is 75.8 Å². The van der Waals surface area contributed by atoms with Gasteiger partial charge in [0.1, 0.15) is 0 Å². The van der Waals surface area contributed by atoms with Gasteiger partial charge in [0.25, 0.3) is 0 Å². The fraction of sp³-hybridized carbons (Fsp3) is 0.222. The number of hydrogen-bond donors (Lipinski definition) is 1. The quantitative estimate of drug-likeness (QED) is 0.717. The molecule has 0 heterocycles. The van der Waals surface area contributed by atoms with E-state index < -0.39 is 0 Å². The van der Waals surface area contributed by atoms with E-state index in [1.807, 2.05) is 18.2 Å². The Morgan fingerprint density at radius 1 is 1.50 bits per heavy atom. The van der Waals surface area contributed by atoms with E-state index in [0.717, 1.165) is 4.90 Å². The fourth-order valence-corrected chi connectivity index (χ4v) is 1.53. The maximum absolute atomic E-state index is 8.58. The molecule has 0 bridgehead atoms. The molecule has 0 unspecified atom stereocenters. The maximum atomic E-state index is 8.58. The van der Waals surface area contributed by atoms with Crippen LogP contribution in [0.25, 0.3) is 0 Å². The third-order valence-electron chi connectivity index (χ3n) is 1.32. The predicted octanol–water partition coefficient (Wildman–Crippen LogP) is 1.64. The lowest BCUT2D eigenvalue weighted by Gasteiger charge is -1.98. The van der Waals surface area contributed by atoms with Gasteiger partial charge in [-0.05, 0) is 18.2 Å². The molecule has 3 heteroatoms. The SMILES string of the molecule is N#Cc1cccc(SCCO)c1. The molecule has 1 aromatic rings. The Hall–Kier alpha value is -0.980. The highest BCUT2D eigenvalue weighted by molar-refractivity contribution is 7.99. The smallest absolute Gasteiger partial charge is 0.0992 e. The van der Waals surface area contributed by atoms with Gasteiger partial charge in [-0.15, -0.1) is 11.8 Å². The second-order valence-corrected chi connectivity index (χ2v) is 3.38. The summed E-state index contributed by atoms with van der Waals surface area (Å²) in [5.41, 5.74) is 0.665. The summed E-state index contributed by atoms with van der Waals surface area (Å²) >= 11 is 1.55. The lowest BCUT2D eigenvalue weighted by Crippen LogP contribution is -1.85. The first-order valence-electron chi connectivity index (χ1n) is 3.60. The van der Waals surface area contributed by atoms with Crippen molar-refractivity contribution in [2.24, 2.45) is 0 Å². The molecule has 0 aliphatic heterocycles. The summed E-state index contributed by atoms with van der Waals surface area (Å²) in [6.45, 7) is 0.168. The van der Waals surface area contributed by atoms with Crippen molar-refractivity contribution in [3.63, 3.8) is 0 Å². The monoisotopic (exact) mass is 179 g/mol. The van der Waals surface area contributed by atoms with Crippen LogP contribution in [-0.4, -0.2) is 17.5 Å². The molecule has 2 nitrogen and oxygen atoms in total. The van der Waals surface area contributed by atoms with Gasteiger partial charge in [0.05, 0.1) is 18.2 Å². The number of aliphatic hydroxyl groups excluding tert-OH is 1. The third-order valence-corrected chi connectivity index (χ3v) is 2.30. The number of hydrogen-bond acceptors (Lipinski definition) is 3. The summed E-state index contributed by atoms with van der Waals surface area (Å²) in [5, 5.41) is 17.1. The molecule has 1 N–H and O–H groups in total. The van der Waals surface area contributed by atoms with Crippen molar-refractivity contribution in [2.45, 2.75) is 4.90 Å². The summed E-state index contributed by atoms with van der Waals surface area (Å²) in [7, 11) is 0. The highest BCUT2D eigenvalue weighted by atomic mass is 32.2. The largest absolute Gasteiger partial charge is 0.396 e. The molecule has 0 saturated carbocycles. The summed E-state index contributed by atoms with van der Waals surface area (Å²) in [5.74, 6) is 0.675. The summed E-state index contributed by atoms with van der Waals surface area (Å²) in [4.78, 5) is 1.03. The van der Waals surface area contributed by atoms with Crippen molar-refractivity contribution in [1.29, 1.82) is 5.26 Å². The lowest BCUT2D eigenvalue weighted by atomic mass is 10.2. The minimum absolute atomic E-state index is 0.168. The van der Waals surface area contributed by atoms with E-state index in [0.29, 0.717) is 11.3 Å². The number of aliphatic hydroxyl groups is 1. The molecule has 1 aromatic carbocycles. The minimum atomic E-state index is 0.168. The molecule has 0 spiro atoms. The van der Waals surface area contributed by atoms with Crippen LogP contribution in [0, 0.1) is 11.3 Å². The molecule has 0 radical (unpaired) electrons. The van der Waals surface area contributed by atoms with Crippen LogP contribution >= 0.6 is 11.8 Å². The van der Waals surface area contributed by atoms with E-state index in [-0.39, 0.29) is 6.61 Å². The maximum Gasteiger partial charge on any atom is 0.0992 e. The number of benzene rings is 1. The van der Waals surface area contributed by atoms with Crippen molar-refractivity contribution >= 4 is 11.8 Å². The van der Waals surface area contributed by atoms with Gasteiger partial charge in [-0.3, -0.25) is 0 Å². The highest BCUT2D eigenvalue weighted by Crippen LogP contribution is 2.17. The van der Waals surface area contributed by atoms with Crippen LogP contribution in [0.1, 0.15) is 5.56 Å². The Morgan fingerprint density at radius 3 is 3.00 bits per heavy atom. The first-order chi connectivity index (χ1) is 5.86. The van der Waals surface area contributed by atoms with Gasteiger partial charge in [0, 0.05) is 10.6 Å². The van der Waals surface area contributed by atoms with Gasteiger partial charge in [-0.2, -0.15) is 5.26 Å². The molecule has 0 aliphatic carbocycles. The molecule has 0 atom stereocenters. The summed E-state index contributed by atoms with van der Waals surface area (Å²) in [6, 6.07) is 9.43. The zero-order valence-corrected chi connectivity index (χ0v) is 7.34. The third kappa shape index (κ3) is 2.57. The van der Waals surface area contributed by atoms with Crippen molar-refractivity contribution in [3.05, 3.63) is 29.8 Å². The molecule has 62 valence electrons. The second-order valence-electron chi connectivity index (χ2n) is 2.21. The Balaban J connectivity index is 2.68. The zero-order chi connectivity index (χ0) is 8.81. The minimum Gasteiger partial charge on any atom is -0.396 e. The summed E-state index contributed by atoms with van der Waals surface area (Å²) in [6.07, 6.45) is 0. The molecule has 0 aliphatic rings. The summed E-state index contributed by atoms with van der Waals surface area (Å²) < 4.78 is 0. The van der Waals surface area contributed by atoms with Crippen LogP contribution in [0.15, 0.2) is 29.2 Å². The molecular weight excluding hydrogens is 170 g/mol. The van der Waals surface area contributed by atoms with E-state index in [1.165, 1.54) is 0 Å². The first kappa shape index (κ1) is 9.11. The van der Waals surface area contributed by atoms with E-state index >= 15 is 0 Å². The van der Waals surface area contributed by atoms with E-state index in [2.05, 4.69) is 6.07 Å². The first-order valence-corrected chi connectivity index (χ1v) is 4.59. The lowest BCUT2D eigenvalue weighted by molar-refractivity contribution is 0.322. The number of rotatable bonds is 3. The standard InChI is InChI=1S/C9H9NOS/c10-7-8-2-1-3-9(6-8)12-5-4-11/h1-3,6,11H,4-5H2. The van der Waals surface area contributed by atoms with Crippen LogP contribution in [0.2, 0.25) is 0 Å². The normalized spacial score (nSPS) is 9.33. The van der Waals surface area contributed by atoms with Gasteiger partial charge in [0.2, 0.25) is 0 Å². The Kier molecular flexibility index (Phi) is 3.65. The van der Waals surface area contributed by atoms with Gasteiger partial charge < -0.3 is 5.11 Å².